The van der Waals surface area contributed by atoms with E-state index in [9.17, 15) is 9.59 Å². The lowest BCUT2D eigenvalue weighted by Crippen LogP contribution is -2.46. The Bertz CT molecular complexity index is 590. The largest absolute Gasteiger partial charge is 0.445 e. The first-order valence-corrected chi connectivity index (χ1v) is 9.20. The van der Waals surface area contributed by atoms with Crippen molar-refractivity contribution >= 4 is 12.2 Å². The van der Waals surface area contributed by atoms with E-state index in [1.165, 1.54) is 0 Å². The predicted octanol–water partition coefficient (Wildman–Crippen LogP) is 3.95. The average molecular weight is 362 g/mol. The Balaban J connectivity index is 1.72. The van der Waals surface area contributed by atoms with Gasteiger partial charge in [-0.3, -0.25) is 0 Å². The highest BCUT2D eigenvalue weighted by Gasteiger charge is 2.28. The van der Waals surface area contributed by atoms with Crippen LogP contribution in [-0.2, 0) is 16.1 Å². The molecule has 1 N–H and O–H groups in total. The van der Waals surface area contributed by atoms with E-state index in [2.05, 4.69) is 5.32 Å². The summed E-state index contributed by atoms with van der Waals surface area (Å²) in [4.78, 5) is 25.8. The van der Waals surface area contributed by atoms with E-state index in [1.54, 1.807) is 4.90 Å². The van der Waals surface area contributed by atoms with E-state index in [-0.39, 0.29) is 18.7 Å². The third-order valence-electron chi connectivity index (χ3n) is 4.45. The summed E-state index contributed by atoms with van der Waals surface area (Å²) >= 11 is 0. The number of hydrogen-bond acceptors (Lipinski definition) is 4. The van der Waals surface area contributed by atoms with Crippen LogP contribution in [0.15, 0.2) is 30.3 Å². The number of rotatable bonds is 4. The minimum absolute atomic E-state index is 0.00680. The first kappa shape index (κ1) is 20.1. The minimum atomic E-state index is -0.504. The second kappa shape index (κ2) is 8.92. The average Bonchev–Trinajstić information content (AvgIpc) is 2.59. The van der Waals surface area contributed by atoms with E-state index in [4.69, 9.17) is 9.47 Å². The molecule has 0 saturated carbocycles. The van der Waals surface area contributed by atoms with Crippen LogP contribution < -0.4 is 5.32 Å². The maximum atomic E-state index is 12.2. The highest BCUT2D eigenvalue weighted by molar-refractivity contribution is 5.68. The third-order valence-corrected chi connectivity index (χ3v) is 4.45. The lowest BCUT2D eigenvalue weighted by Gasteiger charge is -2.34. The SMILES string of the molecule is C[C@@H](NC(=O)OC(C)(C)C)C1CCN(C(=O)OCc2ccccc2)CC1. The Morgan fingerprint density at radius 1 is 1.19 bits per heavy atom. The molecule has 0 unspecified atom stereocenters. The van der Waals surface area contributed by atoms with Crippen LogP contribution in [0, 0.1) is 5.92 Å². The molecular formula is C20H30N2O4. The van der Waals surface area contributed by atoms with Gasteiger partial charge in [0.25, 0.3) is 0 Å². The summed E-state index contributed by atoms with van der Waals surface area (Å²) in [6.45, 7) is 9.08. The van der Waals surface area contributed by atoms with Crippen LogP contribution in [0.3, 0.4) is 0 Å². The minimum Gasteiger partial charge on any atom is -0.445 e. The molecule has 144 valence electrons. The summed E-state index contributed by atoms with van der Waals surface area (Å²) in [5, 5.41) is 2.90. The van der Waals surface area contributed by atoms with Gasteiger partial charge in [-0.25, -0.2) is 9.59 Å². The van der Waals surface area contributed by atoms with Gasteiger partial charge in [0.15, 0.2) is 0 Å². The maximum absolute atomic E-state index is 12.2. The summed E-state index contributed by atoms with van der Waals surface area (Å²) < 4.78 is 10.7. The zero-order valence-electron chi connectivity index (χ0n) is 16.2. The van der Waals surface area contributed by atoms with E-state index >= 15 is 0 Å². The number of piperidine rings is 1. The second-order valence-corrected chi connectivity index (χ2v) is 7.80. The molecule has 1 heterocycles. The van der Waals surface area contributed by atoms with Crippen LogP contribution in [-0.4, -0.2) is 41.8 Å². The molecule has 1 aromatic rings. The molecule has 0 aromatic heterocycles. The van der Waals surface area contributed by atoms with Crippen molar-refractivity contribution < 1.29 is 19.1 Å². The summed E-state index contributed by atoms with van der Waals surface area (Å²) in [6.07, 6.45) is 0.990. The number of nitrogens with one attached hydrogen (secondary N) is 1. The lowest BCUT2D eigenvalue weighted by atomic mass is 9.90. The molecule has 0 aliphatic carbocycles. The van der Waals surface area contributed by atoms with Crippen LogP contribution in [0.1, 0.15) is 46.1 Å². The maximum Gasteiger partial charge on any atom is 0.410 e. The monoisotopic (exact) mass is 362 g/mol. The molecule has 1 atom stereocenters. The Morgan fingerprint density at radius 2 is 1.81 bits per heavy atom. The fraction of sp³-hybridized carbons (Fsp3) is 0.600. The number of benzene rings is 1. The number of hydrogen-bond donors (Lipinski definition) is 1. The molecular weight excluding hydrogens is 332 g/mol. The van der Waals surface area contributed by atoms with E-state index in [0.717, 1.165) is 18.4 Å². The van der Waals surface area contributed by atoms with E-state index in [0.29, 0.717) is 19.0 Å². The smallest absolute Gasteiger partial charge is 0.410 e. The van der Waals surface area contributed by atoms with Gasteiger partial charge in [0.05, 0.1) is 0 Å². The molecule has 26 heavy (non-hydrogen) atoms. The molecule has 6 nitrogen and oxygen atoms in total. The van der Waals surface area contributed by atoms with Crippen LogP contribution in [0.5, 0.6) is 0 Å². The van der Waals surface area contributed by atoms with Crippen molar-refractivity contribution in [3.8, 4) is 0 Å². The molecule has 0 spiro atoms. The molecule has 1 saturated heterocycles. The van der Waals surface area contributed by atoms with Crippen molar-refractivity contribution in [1.82, 2.24) is 10.2 Å². The first-order chi connectivity index (χ1) is 12.2. The molecule has 1 aliphatic rings. The molecule has 0 radical (unpaired) electrons. The Labute approximate surface area is 155 Å². The Kier molecular flexibility index (Phi) is 6.89. The molecule has 6 heteroatoms. The van der Waals surface area contributed by atoms with E-state index in [1.807, 2.05) is 58.0 Å². The van der Waals surface area contributed by atoms with Crippen LogP contribution >= 0.6 is 0 Å². The van der Waals surface area contributed by atoms with Crippen molar-refractivity contribution in [3.63, 3.8) is 0 Å². The van der Waals surface area contributed by atoms with Crippen LogP contribution in [0.2, 0.25) is 0 Å². The van der Waals surface area contributed by atoms with Gasteiger partial charge in [-0.2, -0.15) is 0 Å². The predicted molar refractivity (Wildman–Crippen MR) is 99.8 cm³/mol. The summed E-state index contributed by atoms with van der Waals surface area (Å²) in [6, 6.07) is 9.66. The zero-order chi connectivity index (χ0) is 19.2. The fourth-order valence-corrected chi connectivity index (χ4v) is 3.00. The number of amides is 2. The number of ether oxygens (including phenoxy) is 2. The van der Waals surface area contributed by atoms with Crippen LogP contribution in [0.25, 0.3) is 0 Å². The fourth-order valence-electron chi connectivity index (χ4n) is 3.00. The van der Waals surface area contributed by atoms with Crippen molar-refractivity contribution in [1.29, 1.82) is 0 Å². The van der Waals surface area contributed by atoms with Gasteiger partial charge >= 0.3 is 12.2 Å². The van der Waals surface area contributed by atoms with Crippen molar-refractivity contribution in [3.05, 3.63) is 35.9 Å². The number of carbonyl (C=O) groups excluding carboxylic acids is 2. The third kappa shape index (κ3) is 6.58. The Hall–Kier alpha value is -2.24. The zero-order valence-corrected chi connectivity index (χ0v) is 16.2. The quantitative estimate of drug-likeness (QED) is 0.881. The topological polar surface area (TPSA) is 67.9 Å². The molecule has 0 bridgehead atoms. The van der Waals surface area contributed by atoms with Gasteiger partial charge < -0.3 is 19.7 Å². The standard InChI is InChI=1S/C20H30N2O4/c1-15(21-18(23)26-20(2,3)4)17-10-12-22(13-11-17)19(24)25-14-16-8-6-5-7-9-16/h5-9,15,17H,10-14H2,1-4H3,(H,21,23)/t15-/m1/s1. The summed E-state index contributed by atoms with van der Waals surface area (Å²) in [5.41, 5.74) is 0.473. The van der Waals surface area contributed by atoms with Gasteiger partial charge in [-0.05, 0) is 52.0 Å². The molecule has 1 aliphatic heterocycles. The van der Waals surface area contributed by atoms with Gasteiger partial charge in [0.2, 0.25) is 0 Å². The number of likely N-dealkylation sites (tertiary alicyclic amines) is 1. The number of carbonyl (C=O) groups is 2. The Morgan fingerprint density at radius 3 is 2.38 bits per heavy atom. The molecule has 2 amide bonds. The van der Waals surface area contributed by atoms with Crippen molar-refractivity contribution in [2.75, 3.05) is 13.1 Å². The van der Waals surface area contributed by atoms with E-state index < -0.39 is 11.7 Å². The molecule has 1 fully saturated rings. The number of alkyl carbamates (subject to hydrolysis) is 1. The number of nitrogens with zero attached hydrogens (tertiary/aromatic N) is 1. The summed E-state index contributed by atoms with van der Waals surface area (Å²) in [7, 11) is 0. The highest BCUT2D eigenvalue weighted by atomic mass is 16.6. The van der Waals surface area contributed by atoms with Crippen LogP contribution in [0.4, 0.5) is 9.59 Å². The molecule has 1 aromatic carbocycles. The van der Waals surface area contributed by atoms with Gasteiger partial charge in [0, 0.05) is 19.1 Å². The second-order valence-electron chi connectivity index (χ2n) is 7.80. The highest BCUT2D eigenvalue weighted by Crippen LogP contribution is 2.22. The van der Waals surface area contributed by atoms with Gasteiger partial charge in [0.1, 0.15) is 12.2 Å². The van der Waals surface area contributed by atoms with Gasteiger partial charge in [-0.1, -0.05) is 30.3 Å². The summed E-state index contributed by atoms with van der Waals surface area (Å²) in [5.74, 6) is 0.320. The van der Waals surface area contributed by atoms with Crippen molar-refractivity contribution in [2.24, 2.45) is 5.92 Å². The van der Waals surface area contributed by atoms with Gasteiger partial charge in [-0.15, -0.1) is 0 Å². The normalized spacial score (nSPS) is 16.7. The first-order valence-electron chi connectivity index (χ1n) is 9.20. The lowest BCUT2D eigenvalue weighted by molar-refractivity contribution is 0.0460. The molecule has 2 rings (SSSR count). The van der Waals surface area contributed by atoms with Crippen molar-refractivity contribution in [2.45, 2.75) is 58.8 Å².